The number of aromatic amines is 1. The van der Waals surface area contributed by atoms with Gasteiger partial charge < -0.3 is 4.74 Å². The van der Waals surface area contributed by atoms with Gasteiger partial charge in [0, 0.05) is 5.56 Å². The molecule has 2 aromatic heterocycles. The highest BCUT2D eigenvalue weighted by atomic mass is 32.1. The van der Waals surface area contributed by atoms with Gasteiger partial charge in [0.15, 0.2) is 0 Å². The molecule has 3 rings (SSSR count). The molecule has 0 aliphatic rings. The van der Waals surface area contributed by atoms with Crippen molar-refractivity contribution in [2.24, 2.45) is 0 Å². The maximum atomic E-state index is 5.43. The number of H-pyrrole nitrogens is 1. The van der Waals surface area contributed by atoms with Crippen LogP contribution in [0, 0.1) is 0 Å². The topological polar surface area (TPSA) is 37.9 Å². The number of rotatable bonds is 4. The number of hydrogen-bond acceptors (Lipinski definition) is 3. The first kappa shape index (κ1) is 12.0. The van der Waals surface area contributed by atoms with Crippen LogP contribution in [0.3, 0.4) is 0 Å². The summed E-state index contributed by atoms with van der Waals surface area (Å²) in [5.41, 5.74) is 3.09. The van der Waals surface area contributed by atoms with Crippen molar-refractivity contribution in [3.63, 3.8) is 0 Å². The molecule has 4 heteroatoms. The highest BCUT2D eigenvalue weighted by Crippen LogP contribution is 2.27. The van der Waals surface area contributed by atoms with Gasteiger partial charge in [0.1, 0.15) is 5.75 Å². The molecule has 0 amide bonds. The fraction of sp³-hybridized carbons (Fsp3) is 0.133. The van der Waals surface area contributed by atoms with Crippen molar-refractivity contribution in [2.75, 3.05) is 6.61 Å². The summed E-state index contributed by atoms with van der Waals surface area (Å²) in [4.78, 5) is 1.20. The van der Waals surface area contributed by atoms with Crippen molar-refractivity contribution in [2.45, 2.75) is 6.92 Å². The normalized spacial score (nSPS) is 10.6. The molecule has 1 aromatic carbocycles. The molecule has 3 aromatic rings. The van der Waals surface area contributed by atoms with E-state index < -0.39 is 0 Å². The maximum Gasteiger partial charge on any atom is 0.119 e. The SMILES string of the molecule is CCOc1ccc(-c2cc(-c3cccs3)[nH]n2)cc1. The van der Waals surface area contributed by atoms with E-state index in [0.29, 0.717) is 6.61 Å². The maximum absolute atomic E-state index is 5.43. The molecule has 0 radical (unpaired) electrons. The monoisotopic (exact) mass is 270 g/mol. The highest BCUT2D eigenvalue weighted by Gasteiger charge is 2.06. The Balaban J connectivity index is 1.86. The van der Waals surface area contributed by atoms with Crippen molar-refractivity contribution in [1.82, 2.24) is 10.2 Å². The van der Waals surface area contributed by atoms with Crippen LogP contribution in [-0.2, 0) is 0 Å². The van der Waals surface area contributed by atoms with Gasteiger partial charge in [0.05, 0.1) is 22.9 Å². The van der Waals surface area contributed by atoms with E-state index in [0.717, 1.165) is 22.7 Å². The Bertz CT molecular complexity index is 641. The minimum absolute atomic E-state index is 0.685. The third-order valence-corrected chi connectivity index (χ3v) is 3.73. The van der Waals surface area contributed by atoms with Crippen LogP contribution in [0.1, 0.15) is 6.92 Å². The second kappa shape index (κ2) is 5.28. The van der Waals surface area contributed by atoms with E-state index in [1.54, 1.807) is 11.3 Å². The lowest BCUT2D eigenvalue weighted by Crippen LogP contribution is -1.90. The molecule has 0 aliphatic heterocycles. The second-order valence-electron chi connectivity index (χ2n) is 4.10. The summed E-state index contributed by atoms with van der Waals surface area (Å²) in [5, 5.41) is 9.50. The van der Waals surface area contributed by atoms with Crippen LogP contribution < -0.4 is 4.74 Å². The molecule has 96 valence electrons. The molecule has 0 bridgehead atoms. The fourth-order valence-electron chi connectivity index (χ4n) is 1.92. The van der Waals surface area contributed by atoms with Crippen LogP contribution in [-0.4, -0.2) is 16.8 Å². The molecule has 0 atom stereocenters. The van der Waals surface area contributed by atoms with Gasteiger partial charge in [-0.2, -0.15) is 5.10 Å². The van der Waals surface area contributed by atoms with E-state index in [1.807, 2.05) is 37.3 Å². The molecule has 0 spiro atoms. The van der Waals surface area contributed by atoms with Crippen LogP contribution in [0.15, 0.2) is 47.8 Å². The van der Waals surface area contributed by atoms with E-state index >= 15 is 0 Å². The molecule has 1 N–H and O–H groups in total. The molecule has 0 fully saturated rings. The van der Waals surface area contributed by atoms with E-state index in [9.17, 15) is 0 Å². The lowest BCUT2D eigenvalue weighted by Gasteiger charge is -2.02. The Morgan fingerprint density at radius 2 is 2.05 bits per heavy atom. The van der Waals surface area contributed by atoms with Gasteiger partial charge in [-0.15, -0.1) is 11.3 Å². The Labute approximate surface area is 115 Å². The van der Waals surface area contributed by atoms with Gasteiger partial charge >= 0.3 is 0 Å². The average Bonchev–Trinajstić information content (AvgIpc) is 3.11. The largest absolute Gasteiger partial charge is 0.494 e. The summed E-state index contributed by atoms with van der Waals surface area (Å²) in [5.74, 6) is 0.889. The highest BCUT2D eigenvalue weighted by molar-refractivity contribution is 7.13. The number of aromatic nitrogens is 2. The number of nitrogens with zero attached hydrogens (tertiary/aromatic N) is 1. The molecule has 2 heterocycles. The molecular weight excluding hydrogens is 256 g/mol. The third kappa shape index (κ3) is 2.53. The van der Waals surface area contributed by atoms with Crippen molar-refractivity contribution in [3.8, 4) is 27.6 Å². The summed E-state index contributed by atoms with van der Waals surface area (Å²) in [6.07, 6.45) is 0. The van der Waals surface area contributed by atoms with Gasteiger partial charge in [-0.05, 0) is 48.7 Å². The Kier molecular flexibility index (Phi) is 3.33. The predicted octanol–water partition coefficient (Wildman–Crippen LogP) is 4.20. The standard InChI is InChI=1S/C15H14N2OS/c1-2-18-12-7-5-11(6-8-12)13-10-14(17-16-13)15-4-3-9-19-15/h3-10H,2H2,1H3,(H,16,17). The summed E-state index contributed by atoms with van der Waals surface area (Å²) in [6, 6.07) is 14.2. The first-order valence-corrected chi connectivity index (χ1v) is 7.07. The lowest BCUT2D eigenvalue weighted by molar-refractivity contribution is 0.340. The minimum atomic E-state index is 0.685. The van der Waals surface area contributed by atoms with Crippen LogP contribution in [0.5, 0.6) is 5.75 Å². The van der Waals surface area contributed by atoms with Crippen molar-refractivity contribution >= 4 is 11.3 Å². The van der Waals surface area contributed by atoms with Crippen LogP contribution in [0.2, 0.25) is 0 Å². The number of hydrogen-bond donors (Lipinski definition) is 1. The van der Waals surface area contributed by atoms with Gasteiger partial charge in [-0.3, -0.25) is 5.10 Å². The number of benzene rings is 1. The van der Waals surface area contributed by atoms with Crippen LogP contribution in [0.4, 0.5) is 0 Å². The van der Waals surface area contributed by atoms with E-state index in [2.05, 4.69) is 27.7 Å². The van der Waals surface area contributed by atoms with Gasteiger partial charge in [0.2, 0.25) is 0 Å². The number of thiophene rings is 1. The summed E-state index contributed by atoms with van der Waals surface area (Å²) < 4.78 is 5.43. The molecule has 19 heavy (non-hydrogen) atoms. The molecule has 0 aliphatic carbocycles. The Morgan fingerprint density at radius 3 is 2.74 bits per heavy atom. The minimum Gasteiger partial charge on any atom is -0.494 e. The molecule has 0 saturated heterocycles. The number of ether oxygens (including phenoxy) is 1. The molecular formula is C15H14N2OS. The first-order chi connectivity index (χ1) is 9.36. The van der Waals surface area contributed by atoms with E-state index in [1.165, 1.54) is 4.88 Å². The summed E-state index contributed by atoms with van der Waals surface area (Å²) in [6.45, 7) is 2.67. The lowest BCUT2D eigenvalue weighted by atomic mass is 10.1. The Morgan fingerprint density at radius 1 is 1.21 bits per heavy atom. The van der Waals surface area contributed by atoms with Crippen molar-refractivity contribution in [3.05, 3.63) is 47.8 Å². The van der Waals surface area contributed by atoms with Gasteiger partial charge in [-0.25, -0.2) is 0 Å². The van der Waals surface area contributed by atoms with E-state index in [-0.39, 0.29) is 0 Å². The zero-order chi connectivity index (χ0) is 13.1. The molecule has 0 unspecified atom stereocenters. The molecule has 3 nitrogen and oxygen atoms in total. The summed E-state index contributed by atoms with van der Waals surface area (Å²) >= 11 is 1.70. The van der Waals surface area contributed by atoms with Gasteiger partial charge in [-0.1, -0.05) is 6.07 Å². The Hall–Kier alpha value is -2.07. The third-order valence-electron chi connectivity index (χ3n) is 2.83. The first-order valence-electron chi connectivity index (χ1n) is 6.19. The smallest absolute Gasteiger partial charge is 0.119 e. The molecule has 0 saturated carbocycles. The second-order valence-corrected chi connectivity index (χ2v) is 5.05. The average molecular weight is 270 g/mol. The van der Waals surface area contributed by atoms with E-state index in [4.69, 9.17) is 4.74 Å². The summed E-state index contributed by atoms with van der Waals surface area (Å²) in [7, 11) is 0. The quantitative estimate of drug-likeness (QED) is 0.771. The van der Waals surface area contributed by atoms with Crippen LogP contribution >= 0.6 is 11.3 Å². The van der Waals surface area contributed by atoms with Crippen molar-refractivity contribution in [1.29, 1.82) is 0 Å². The van der Waals surface area contributed by atoms with Crippen LogP contribution in [0.25, 0.3) is 21.8 Å². The number of nitrogens with one attached hydrogen (secondary N) is 1. The van der Waals surface area contributed by atoms with Crippen molar-refractivity contribution < 1.29 is 4.74 Å². The predicted molar refractivity (Wildman–Crippen MR) is 78.5 cm³/mol. The fourth-order valence-corrected chi connectivity index (χ4v) is 2.61. The zero-order valence-corrected chi connectivity index (χ0v) is 11.4. The zero-order valence-electron chi connectivity index (χ0n) is 10.6. The van der Waals surface area contributed by atoms with Gasteiger partial charge in [0.25, 0.3) is 0 Å².